The Balaban J connectivity index is 3.42. The van der Waals surface area contributed by atoms with Crippen LogP contribution in [0.25, 0.3) is 0 Å². The number of aliphatic hydroxyl groups is 1. The number of methoxy groups -OCH3 is 1. The van der Waals surface area contributed by atoms with E-state index in [0.29, 0.717) is 12.8 Å². The molecule has 1 atom stereocenters. The number of aliphatic hydroxyl groups excluding tert-OH is 1. The number of hydrogen-bond donors (Lipinski definition) is 2. The first-order valence-electron chi connectivity index (χ1n) is 3.59. The topological polar surface area (TPSA) is 58.6 Å². The molecule has 0 aliphatic rings. The zero-order valence-corrected chi connectivity index (χ0v) is 6.96. The van der Waals surface area contributed by atoms with Crippen LogP contribution < -0.4 is 5.32 Å². The number of likely N-dealkylation sites (N-methyl/N-ethyl adjacent to an activating group) is 1. The molecule has 0 fully saturated rings. The third kappa shape index (κ3) is 4.75. The molecule has 0 radical (unpaired) electrons. The minimum absolute atomic E-state index is 0.00546. The van der Waals surface area contributed by atoms with E-state index in [2.05, 4.69) is 10.1 Å². The van der Waals surface area contributed by atoms with Crippen molar-refractivity contribution in [1.29, 1.82) is 0 Å². The van der Waals surface area contributed by atoms with Gasteiger partial charge in [-0.1, -0.05) is 0 Å². The van der Waals surface area contributed by atoms with Gasteiger partial charge in [0.1, 0.15) is 0 Å². The molecule has 66 valence electrons. The molecular formula is C7H15NO3. The predicted octanol–water partition coefficient (Wildman–Crippen LogP) is -0.480. The zero-order chi connectivity index (χ0) is 8.69. The Morgan fingerprint density at radius 2 is 2.36 bits per heavy atom. The predicted molar refractivity (Wildman–Crippen MR) is 41.2 cm³/mol. The molecule has 0 aliphatic heterocycles. The van der Waals surface area contributed by atoms with E-state index in [-0.39, 0.29) is 18.6 Å². The molecule has 1 unspecified atom stereocenters. The van der Waals surface area contributed by atoms with Crippen LogP contribution in [0.15, 0.2) is 0 Å². The summed E-state index contributed by atoms with van der Waals surface area (Å²) in [5.41, 5.74) is 0. The van der Waals surface area contributed by atoms with E-state index in [9.17, 15) is 4.79 Å². The molecule has 0 bridgehead atoms. The van der Waals surface area contributed by atoms with E-state index in [1.807, 2.05) is 0 Å². The maximum Gasteiger partial charge on any atom is 0.305 e. The lowest BCUT2D eigenvalue weighted by Gasteiger charge is -2.10. The van der Waals surface area contributed by atoms with E-state index in [1.165, 1.54) is 7.11 Å². The van der Waals surface area contributed by atoms with Gasteiger partial charge in [0.15, 0.2) is 0 Å². The summed E-state index contributed by atoms with van der Waals surface area (Å²) in [5, 5.41) is 11.6. The van der Waals surface area contributed by atoms with E-state index < -0.39 is 0 Å². The summed E-state index contributed by atoms with van der Waals surface area (Å²) in [6.45, 7) is 0.0491. The Kier molecular flexibility index (Phi) is 5.78. The zero-order valence-electron chi connectivity index (χ0n) is 6.96. The van der Waals surface area contributed by atoms with Crippen molar-refractivity contribution in [3.05, 3.63) is 0 Å². The highest BCUT2D eigenvalue weighted by atomic mass is 16.5. The van der Waals surface area contributed by atoms with Gasteiger partial charge in [0, 0.05) is 12.5 Å². The van der Waals surface area contributed by atoms with E-state index in [0.717, 1.165) is 0 Å². The Labute approximate surface area is 66.5 Å². The molecule has 0 spiro atoms. The van der Waals surface area contributed by atoms with Gasteiger partial charge in [0.2, 0.25) is 0 Å². The fourth-order valence-corrected chi connectivity index (χ4v) is 0.721. The highest BCUT2D eigenvalue weighted by Gasteiger charge is 2.07. The van der Waals surface area contributed by atoms with Gasteiger partial charge in [-0.15, -0.1) is 0 Å². The monoisotopic (exact) mass is 161 g/mol. The number of nitrogens with one attached hydrogen (secondary N) is 1. The van der Waals surface area contributed by atoms with Crippen LogP contribution >= 0.6 is 0 Å². The van der Waals surface area contributed by atoms with Gasteiger partial charge in [0.05, 0.1) is 13.7 Å². The molecule has 4 heteroatoms. The number of ether oxygens (including phenoxy) is 1. The van der Waals surface area contributed by atoms with Crippen molar-refractivity contribution in [1.82, 2.24) is 5.32 Å². The summed E-state index contributed by atoms with van der Waals surface area (Å²) in [4.78, 5) is 10.6. The lowest BCUT2D eigenvalue weighted by Crippen LogP contribution is -2.29. The first-order chi connectivity index (χ1) is 5.24. The van der Waals surface area contributed by atoms with Crippen molar-refractivity contribution in [2.24, 2.45) is 0 Å². The molecule has 0 aliphatic carbocycles. The second-order valence-electron chi connectivity index (χ2n) is 2.28. The highest BCUT2D eigenvalue weighted by molar-refractivity contribution is 5.69. The van der Waals surface area contributed by atoms with Crippen molar-refractivity contribution in [3.63, 3.8) is 0 Å². The number of carbonyl (C=O) groups is 1. The minimum atomic E-state index is -0.237. The Morgan fingerprint density at radius 1 is 1.73 bits per heavy atom. The number of carbonyl (C=O) groups excluding carboxylic acids is 1. The maximum atomic E-state index is 10.6. The molecule has 0 amide bonds. The van der Waals surface area contributed by atoms with Crippen molar-refractivity contribution < 1.29 is 14.6 Å². The third-order valence-corrected chi connectivity index (χ3v) is 1.55. The van der Waals surface area contributed by atoms with Crippen LogP contribution in [0.5, 0.6) is 0 Å². The van der Waals surface area contributed by atoms with Gasteiger partial charge < -0.3 is 15.2 Å². The summed E-state index contributed by atoms with van der Waals surface area (Å²) in [7, 11) is 3.10. The van der Waals surface area contributed by atoms with Crippen LogP contribution in [-0.2, 0) is 9.53 Å². The quantitative estimate of drug-likeness (QED) is 0.535. The van der Waals surface area contributed by atoms with Gasteiger partial charge in [0.25, 0.3) is 0 Å². The Hall–Kier alpha value is -0.610. The molecular weight excluding hydrogens is 146 g/mol. The average molecular weight is 161 g/mol. The van der Waals surface area contributed by atoms with Crippen molar-refractivity contribution in [2.75, 3.05) is 20.8 Å². The van der Waals surface area contributed by atoms with Crippen LogP contribution in [0, 0.1) is 0 Å². The van der Waals surface area contributed by atoms with Gasteiger partial charge in [-0.05, 0) is 13.5 Å². The summed E-state index contributed by atoms with van der Waals surface area (Å²) in [5.74, 6) is -0.237. The first-order valence-corrected chi connectivity index (χ1v) is 3.59. The SMILES string of the molecule is CNC(CO)CCC(=O)OC. The lowest BCUT2D eigenvalue weighted by molar-refractivity contribution is -0.140. The van der Waals surface area contributed by atoms with Crippen LogP contribution in [0.3, 0.4) is 0 Å². The van der Waals surface area contributed by atoms with E-state index in [1.54, 1.807) is 7.05 Å². The van der Waals surface area contributed by atoms with Gasteiger partial charge in [-0.25, -0.2) is 0 Å². The summed E-state index contributed by atoms with van der Waals surface area (Å²) in [6.07, 6.45) is 0.961. The Bertz CT molecular complexity index is 112. The van der Waals surface area contributed by atoms with Gasteiger partial charge >= 0.3 is 5.97 Å². The summed E-state index contributed by atoms with van der Waals surface area (Å²) < 4.78 is 4.44. The largest absolute Gasteiger partial charge is 0.469 e. The fourth-order valence-electron chi connectivity index (χ4n) is 0.721. The van der Waals surface area contributed by atoms with Crippen molar-refractivity contribution >= 4 is 5.97 Å². The summed E-state index contributed by atoms with van der Waals surface area (Å²) in [6, 6.07) is -0.00546. The first kappa shape index (κ1) is 10.4. The second-order valence-corrected chi connectivity index (χ2v) is 2.28. The van der Waals surface area contributed by atoms with Crippen LogP contribution in [0.4, 0.5) is 0 Å². The van der Waals surface area contributed by atoms with E-state index in [4.69, 9.17) is 5.11 Å². The molecule has 2 N–H and O–H groups in total. The number of hydrogen-bond acceptors (Lipinski definition) is 4. The minimum Gasteiger partial charge on any atom is -0.469 e. The standard InChI is InChI=1S/C7H15NO3/c1-8-6(5-9)3-4-7(10)11-2/h6,8-9H,3-5H2,1-2H3. The molecule has 0 aromatic rings. The second kappa shape index (κ2) is 6.12. The van der Waals surface area contributed by atoms with Crippen molar-refractivity contribution in [3.8, 4) is 0 Å². The molecule has 0 rings (SSSR count). The molecule has 0 heterocycles. The summed E-state index contributed by atoms with van der Waals surface area (Å²) >= 11 is 0. The third-order valence-electron chi connectivity index (χ3n) is 1.55. The van der Waals surface area contributed by atoms with E-state index >= 15 is 0 Å². The Morgan fingerprint density at radius 3 is 2.73 bits per heavy atom. The molecule has 4 nitrogen and oxygen atoms in total. The highest BCUT2D eigenvalue weighted by Crippen LogP contribution is 1.96. The molecule has 0 aromatic heterocycles. The smallest absolute Gasteiger partial charge is 0.305 e. The number of esters is 1. The molecule has 0 aromatic carbocycles. The van der Waals surface area contributed by atoms with Crippen LogP contribution in [-0.4, -0.2) is 37.9 Å². The van der Waals surface area contributed by atoms with Crippen LogP contribution in [0.2, 0.25) is 0 Å². The maximum absolute atomic E-state index is 10.6. The molecule has 11 heavy (non-hydrogen) atoms. The van der Waals surface area contributed by atoms with Gasteiger partial charge in [-0.3, -0.25) is 4.79 Å². The van der Waals surface area contributed by atoms with Gasteiger partial charge in [-0.2, -0.15) is 0 Å². The van der Waals surface area contributed by atoms with Crippen LogP contribution in [0.1, 0.15) is 12.8 Å². The molecule has 0 saturated carbocycles. The van der Waals surface area contributed by atoms with Crippen molar-refractivity contribution in [2.45, 2.75) is 18.9 Å². The normalized spacial score (nSPS) is 12.6. The fraction of sp³-hybridized carbons (Fsp3) is 0.857. The lowest BCUT2D eigenvalue weighted by atomic mass is 10.2. The average Bonchev–Trinajstić information content (AvgIpc) is 2.06. The number of rotatable bonds is 5. The molecule has 0 saturated heterocycles.